The highest BCUT2D eigenvalue weighted by molar-refractivity contribution is 5.85. The van der Waals surface area contributed by atoms with Crippen LogP contribution in [0.2, 0.25) is 0 Å². The van der Waals surface area contributed by atoms with Gasteiger partial charge in [0.05, 0.1) is 0 Å². The van der Waals surface area contributed by atoms with E-state index in [1.165, 1.54) is 5.56 Å². The zero-order valence-electron chi connectivity index (χ0n) is 7.55. The van der Waals surface area contributed by atoms with Crippen molar-refractivity contribution in [3.8, 4) is 0 Å². The molecule has 1 aliphatic rings. The van der Waals surface area contributed by atoms with E-state index in [1.54, 1.807) is 0 Å². The molecule has 2 nitrogen and oxygen atoms in total. The van der Waals surface area contributed by atoms with Crippen LogP contribution in [-0.2, 0) is 4.79 Å². The van der Waals surface area contributed by atoms with E-state index in [9.17, 15) is 4.79 Å². The average Bonchev–Trinajstić information content (AvgIpc) is 2.84. The summed E-state index contributed by atoms with van der Waals surface area (Å²) in [6.07, 6.45) is 0.930. The predicted molar refractivity (Wildman–Crippen MR) is 61.0 cm³/mol. The van der Waals surface area contributed by atoms with Crippen molar-refractivity contribution in [1.29, 1.82) is 0 Å². The summed E-state index contributed by atoms with van der Waals surface area (Å²) in [7, 11) is 0. The van der Waals surface area contributed by atoms with Gasteiger partial charge in [0.25, 0.3) is 0 Å². The van der Waals surface area contributed by atoms with Gasteiger partial charge in [0.1, 0.15) is 0 Å². The van der Waals surface area contributed by atoms with Gasteiger partial charge < -0.3 is 5.73 Å². The van der Waals surface area contributed by atoms with Crippen molar-refractivity contribution in [2.75, 3.05) is 0 Å². The summed E-state index contributed by atoms with van der Waals surface area (Å²) >= 11 is 0. The largest absolute Gasteiger partial charge is 0.369 e. The molecule has 2 atom stereocenters. The molecule has 0 heterocycles. The molecule has 2 rings (SSSR count). The Morgan fingerprint density at radius 1 is 1.21 bits per heavy atom. The normalized spacial score (nSPS) is 22.9. The molecule has 0 saturated heterocycles. The topological polar surface area (TPSA) is 43.1 Å². The summed E-state index contributed by atoms with van der Waals surface area (Å²) in [6.45, 7) is 0. The Labute approximate surface area is 95.7 Å². The van der Waals surface area contributed by atoms with E-state index in [0.29, 0.717) is 5.92 Å². The molecule has 1 aliphatic carbocycles. The average molecular weight is 234 g/mol. The molecular weight excluding hydrogens is 221 g/mol. The lowest BCUT2D eigenvalue weighted by Crippen LogP contribution is -2.13. The van der Waals surface area contributed by atoms with Crippen LogP contribution in [0.15, 0.2) is 30.3 Å². The third-order valence-corrected chi connectivity index (χ3v) is 2.38. The number of amides is 1. The van der Waals surface area contributed by atoms with Gasteiger partial charge in [0, 0.05) is 5.92 Å². The molecule has 2 unspecified atom stereocenters. The van der Waals surface area contributed by atoms with Crippen LogP contribution in [0.1, 0.15) is 17.9 Å². The molecule has 0 aliphatic heterocycles. The maximum absolute atomic E-state index is 10.8. The Hall–Kier alpha value is -0.730. The third-order valence-electron chi connectivity index (χ3n) is 2.38. The number of hydrogen-bond donors (Lipinski definition) is 1. The molecule has 4 heteroatoms. The summed E-state index contributed by atoms with van der Waals surface area (Å²) in [5.41, 5.74) is 6.42. The van der Waals surface area contributed by atoms with Crippen LogP contribution >= 0.6 is 24.8 Å². The molecule has 0 aromatic heterocycles. The SMILES string of the molecule is Cl.Cl.NC(=O)C1CC1c1ccccc1. The van der Waals surface area contributed by atoms with E-state index >= 15 is 0 Å². The van der Waals surface area contributed by atoms with Crippen LogP contribution in [-0.4, -0.2) is 5.91 Å². The number of carbonyl (C=O) groups excluding carboxylic acids is 1. The lowest BCUT2D eigenvalue weighted by atomic mass is 10.1. The molecule has 0 radical (unpaired) electrons. The zero-order chi connectivity index (χ0) is 8.55. The maximum Gasteiger partial charge on any atom is 0.221 e. The monoisotopic (exact) mass is 233 g/mol. The fraction of sp³-hybridized carbons (Fsp3) is 0.300. The number of hydrogen-bond acceptors (Lipinski definition) is 1. The Bertz CT molecular complexity index is 302. The minimum absolute atomic E-state index is 0. The van der Waals surface area contributed by atoms with E-state index in [4.69, 9.17) is 5.73 Å². The van der Waals surface area contributed by atoms with E-state index in [1.807, 2.05) is 30.3 Å². The van der Waals surface area contributed by atoms with Gasteiger partial charge in [-0.15, -0.1) is 24.8 Å². The summed E-state index contributed by atoms with van der Waals surface area (Å²) in [5, 5.41) is 0. The van der Waals surface area contributed by atoms with Crippen molar-refractivity contribution in [2.45, 2.75) is 12.3 Å². The number of primary amides is 1. The van der Waals surface area contributed by atoms with Gasteiger partial charge in [0.2, 0.25) is 5.91 Å². The maximum atomic E-state index is 10.8. The van der Waals surface area contributed by atoms with Crippen LogP contribution in [0.5, 0.6) is 0 Å². The van der Waals surface area contributed by atoms with Crippen LogP contribution in [0, 0.1) is 5.92 Å². The highest BCUT2D eigenvalue weighted by Crippen LogP contribution is 2.46. The van der Waals surface area contributed by atoms with E-state index in [2.05, 4.69) is 0 Å². The van der Waals surface area contributed by atoms with Crippen molar-refractivity contribution in [3.63, 3.8) is 0 Å². The Kier molecular flexibility index (Phi) is 4.95. The Morgan fingerprint density at radius 3 is 2.21 bits per heavy atom. The lowest BCUT2D eigenvalue weighted by molar-refractivity contribution is -0.119. The van der Waals surface area contributed by atoms with Crippen molar-refractivity contribution in [1.82, 2.24) is 0 Å². The van der Waals surface area contributed by atoms with Crippen molar-refractivity contribution >= 4 is 30.7 Å². The van der Waals surface area contributed by atoms with E-state index in [0.717, 1.165) is 6.42 Å². The zero-order valence-corrected chi connectivity index (χ0v) is 9.18. The number of rotatable bonds is 2. The standard InChI is InChI=1S/C10H11NO.2ClH/c11-10(12)9-6-8(9)7-4-2-1-3-5-7;;/h1-5,8-9H,6H2,(H2,11,12);2*1H. The van der Waals surface area contributed by atoms with Gasteiger partial charge in [-0.25, -0.2) is 0 Å². The molecule has 78 valence electrons. The first-order chi connectivity index (χ1) is 5.79. The summed E-state index contributed by atoms with van der Waals surface area (Å²) in [4.78, 5) is 10.8. The summed E-state index contributed by atoms with van der Waals surface area (Å²) < 4.78 is 0. The number of nitrogens with two attached hydrogens (primary N) is 1. The lowest BCUT2D eigenvalue weighted by Gasteiger charge is -1.95. The molecule has 1 saturated carbocycles. The van der Waals surface area contributed by atoms with Crippen molar-refractivity contribution in [2.24, 2.45) is 11.7 Å². The van der Waals surface area contributed by atoms with Gasteiger partial charge in [-0.1, -0.05) is 30.3 Å². The fourth-order valence-corrected chi connectivity index (χ4v) is 1.58. The predicted octanol–water partition coefficient (Wildman–Crippen LogP) is 2.12. The van der Waals surface area contributed by atoms with Gasteiger partial charge in [-0.3, -0.25) is 4.79 Å². The van der Waals surface area contributed by atoms with Crippen LogP contribution in [0.25, 0.3) is 0 Å². The third kappa shape index (κ3) is 2.63. The van der Waals surface area contributed by atoms with Gasteiger partial charge in [-0.05, 0) is 17.9 Å². The van der Waals surface area contributed by atoms with Gasteiger partial charge >= 0.3 is 0 Å². The summed E-state index contributed by atoms with van der Waals surface area (Å²) in [6, 6.07) is 10.1. The first-order valence-electron chi connectivity index (χ1n) is 4.13. The second-order valence-electron chi connectivity index (χ2n) is 3.26. The van der Waals surface area contributed by atoms with Crippen LogP contribution in [0.3, 0.4) is 0 Å². The smallest absolute Gasteiger partial charge is 0.221 e. The van der Waals surface area contributed by atoms with Gasteiger partial charge in [0.15, 0.2) is 0 Å². The molecule has 1 aromatic carbocycles. The molecular formula is C10H13Cl2NO. The molecule has 1 fully saturated rings. The molecule has 0 spiro atoms. The van der Waals surface area contributed by atoms with Crippen molar-refractivity contribution in [3.05, 3.63) is 35.9 Å². The van der Waals surface area contributed by atoms with Gasteiger partial charge in [-0.2, -0.15) is 0 Å². The quantitative estimate of drug-likeness (QED) is 0.836. The van der Waals surface area contributed by atoms with Crippen LogP contribution in [0.4, 0.5) is 0 Å². The molecule has 1 aromatic rings. The van der Waals surface area contributed by atoms with E-state index < -0.39 is 0 Å². The minimum Gasteiger partial charge on any atom is -0.369 e. The minimum atomic E-state index is -0.163. The first kappa shape index (κ1) is 13.3. The Morgan fingerprint density at radius 2 is 1.79 bits per heavy atom. The fourth-order valence-electron chi connectivity index (χ4n) is 1.58. The number of carbonyl (C=O) groups is 1. The summed E-state index contributed by atoms with van der Waals surface area (Å²) in [5.74, 6) is 0.319. The Balaban J connectivity index is 0.000000845. The van der Waals surface area contributed by atoms with Crippen molar-refractivity contribution < 1.29 is 4.79 Å². The second kappa shape index (κ2) is 5.23. The molecule has 0 bridgehead atoms. The van der Waals surface area contributed by atoms with Crippen LogP contribution < -0.4 is 5.73 Å². The highest BCUT2D eigenvalue weighted by atomic mass is 35.5. The highest BCUT2D eigenvalue weighted by Gasteiger charge is 2.42. The first-order valence-corrected chi connectivity index (χ1v) is 4.13. The number of halogens is 2. The number of benzene rings is 1. The second-order valence-corrected chi connectivity index (χ2v) is 3.26. The molecule has 2 N–H and O–H groups in total. The van der Waals surface area contributed by atoms with E-state index in [-0.39, 0.29) is 36.6 Å². The molecule has 14 heavy (non-hydrogen) atoms. The molecule has 1 amide bonds.